The van der Waals surface area contributed by atoms with Crippen molar-refractivity contribution in [3.63, 3.8) is 0 Å². The highest BCUT2D eigenvalue weighted by atomic mass is 19.1. The molecule has 1 aliphatic heterocycles. The molecule has 2 N–H and O–H groups in total. The number of carbonyl (C=O) groups is 1. The smallest absolute Gasteiger partial charge is 0.239 e. The minimum atomic E-state index is -0.265. The van der Waals surface area contributed by atoms with Crippen LogP contribution in [0.4, 0.5) is 4.39 Å². The van der Waals surface area contributed by atoms with E-state index in [0.717, 1.165) is 24.9 Å². The van der Waals surface area contributed by atoms with Gasteiger partial charge in [0.25, 0.3) is 0 Å². The van der Waals surface area contributed by atoms with E-state index < -0.39 is 0 Å². The topological polar surface area (TPSA) is 49.6 Å². The van der Waals surface area contributed by atoms with E-state index in [1.165, 1.54) is 6.07 Å². The number of hydrogen-bond acceptors (Lipinski definition) is 3. The summed E-state index contributed by atoms with van der Waals surface area (Å²) in [6, 6.07) is 4.96. The fourth-order valence-electron chi connectivity index (χ4n) is 2.71. The van der Waals surface area contributed by atoms with Gasteiger partial charge in [0, 0.05) is 32.7 Å². The van der Waals surface area contributed by atoms with E-state index in [4.69, 9.17) is 5.73 Å². The average Bonchev–Trinajstić information content (AvgIpc) is 2.88. The van der Waals surface area contributed by atoms with Gasteiger partial charge in [-0.1, -0.05) is 12.1 Å². The SMILES string of the molecule is CN(C)C(=O)C1CCCN1Cc1ccc(F)c(CN)c1. The summed E-state index contributed by atoms with van der Waals surface area (Å²) in [7, 11) is 3.56. The van der Waals surface area contributed by atoms with Gasteiger partial charge in [-0.2, -0.15) is 0 Å². The zero-order valence-corrected chi connectivity index (χ0v) is 12.1. The van der Waals surface area contributed by atoms with Crippen LogP contribution >= 0.6 is 0 Å². The Balaban J connectivity index is 2.10. The number of rotatable bonds is 4. The van der Waals surface area contributed by atoms with Gasteiger partial charge in [-0.15, -0.1) is 0 Å². The Morgan fingerprint density at radius 1 is 1.50 bits per heavy atom. The molecule has 0 aliphatic carbocycles. The number of hydrogen-bond donors (Lipinski definition) is 1. The van der Waals surface area contributed by atoms with Crippen LogP contribution in [-0.2, 0) is 17.9 Å². The van der Waals surface area contributed by atoms with Crippen molar-refractivity contribution in [3.05, 3.63) is 35.1 Å². The highest BCUT2D eigenvalue weighted by Crippen LogP contribution is 2.22. The Labute approximate surface area is 119 Å². The third-order valence-electron chi connectivity index (χ3n) is 3.81. The molecule has 1 heterocycles. The molecular weight excluding hydrogens is 257 g/mol. The van der Waals surface area contributed by atoms with Crippen LogP contribution in [0.2, 0.25) is 0 Å². The molecule has 1 unspecified atom stereocenters. The molecule has 1 aromatic rings. The predicted molar refractivity (Wildman–Crippen MR) is 76.4 cm³/mol. The molecule has 0 spiro atoms. The van der Waals surface area contributed by atoms with E-state index in [-0.39, 0.29) is 24.3 Å². The van der Waals surface area contributed by atoms with E-state index in [1.807, 2.05) is 0 Å². The number of halogens is 1. The van der Waals surface area contributed by atoms with E-state index in [2.05, 4.69) is 4.90 Å². The van der Waals surface area contributed by atoms with Gasteiger partial charge in [0.1, 0.15) is 5.82 Å². The lowest BCUT2D eigenvalue weighted by molar-refractivity contribution is -0.133. The number of nitrogens with zero attached hydrogens (tertiary/aromatic N) is 2. The molecule has 1 aromatic carbocycles. The fourth-order valence-corrected chi connectivity index (χ4v) is 2.71. The average molecular weight is 279 g/mol. The first-order valence-corrected chi connectivity index (χ1v) is 6.95. The summed E-state index contributed by atoms with van der Waals surface area (Å²) in [6.45, 7) is 1.76. The molecule has 2 rings (SSSR count). The molecule has 1 amide bonds. The normalized spacial score (nSPS) is 19.3. The minimum absolute atomic E-state index is 0.0589. The Bertz CT molecular complexity index is 490. The molecule has 0 radical (unpaired) electrons. The van der Waals surface area contributed by atoms with Gasteiger partial charge in [0.15, 0.2) is 0 Å². The van der Waals surface area contributed by atoms with Gasteiger partial charge >= 0.3 is 0 Å². The first-order valence-electron chi connectivity index (χ1n) is 6.95. The van der Waals surface area contributed by atoms with Gasteiger partial charge < -0.3 is 10.6 Å². The fraction of sp³-hybridized carbons (Fsp3) is 0.533. The van der Waals surface area contributed by atoms with Crippen LogP contribution in [-0.4, -0.2) is 42.4 Å². The van der Waals surface area contributed by atoms with Gasteiger partial charge in [-0.3, -0.25) is 9.69 Å². The van der Waals surface area contributed by atoms with Crippen LogP contribution in [0.15, 0.2) is 18.2 Å². The number of carbonyl (C=O) groups excluding carboxylic acids is 1. The summed E-state index contributed by atoms with van der Waals surface area (Å²) in [5.74, 6) is -0.123. The molecule has 1 fully saturated rings. The summed E-state index contributed by atoms with van der Waals surface area (Å²) < 4.78 is 13.4. The summed E-state index contributed by atoms with van der Waals surface area (Å²) in [4.78, 5) is 15.9. The van der Waals surface area contributed by atoms with E-state index in [1.54, 1.807) is 31.1 Å². The van der Waals surface area contributed by atoms with Crippen molar-refractivity contribution in [1.29, 1.82) is 0 Å². The minimum Gasteiger partial charge on any atom is -0.347 e. The first-order chi connectivity index (χ1) is 9.52. The quantitative estimate of drug-likeness (QED) is 0.905. The standard InChI is InChI=1S/C15H22FN3O/c1-18(2)15(20)14-4-3-7-19(14)10-11-5-6-13(16)12(8-11)9-17/h5-6,8,14H,3-4,7,9-10,17H2,1-2H3. The van der Waals surface area contributed by atoms with Crippen molar-refractivity contribution in [2.75, 3.05) is 20.6 Å². The predicted octanol–water partition coefficient (Wildman–Crippen LogP) is 1.34. The molecule has 1 aliphatic rings. The molecule has 110 valence electrons. The van der Waals surface area contributed by atoms with Crippen molar-refractivity contribution in [2.45, 2.75) is 32.0 Å². The molecule has 0 saturated carbocycles. The van der Waals surface area contributed by atoms with E-state index >= 15 is 0 Å². The summed E-state index contributed by atoms with van der Waals surface area (Å²) in [6.07, 6.45) is 1.91. The van der Waals surface area contributed by atoms with Crippen molar-refractivity contribution in [3.8, 4) is 0 Å². The second kappa shape index (κ2) is 6.33. The van der Waals surface area contributed by atoms with Crippen LogP contribution in [0, 0.1) is 5.82 Å². The summed E-state index contributed by atoms with van der Waals surface area (Å²) >= 11 is 0. The first kappa shape index (κ1) is 14.9. The zero-order valence-electron chi connectivity index (χ0n) is 12.1. The van der Waals surface area contributed by atoms with E-state index in [9.17, 15) is 9.18 Å². The zero-order chi connectivity index (χ0) is 14.7. The lowest BCUT2D eigenvalue weighted by Crippen LogP contribution is -2.42. The van der Waals surface area contributed by atoms with Gasteiger partial charge in [0.2, 0.25) is 5.91 Å². The van der Waals surface area contributed by atoms with Crippen molar-refractivity contribution in [1.82, 2.24) is 9.80 Å². The van der Waals surface area contributed by atoms with Crippen molar-refractivity contribution < 1.29 is 9.18 Å². The molecule has 4 nitrogen and oxygen atoms in total. The highest BCUT2D eigenvalue weighted by Gasteiger charge is 2.31. The Kier molecular flexibility index (Phi) is 4.73. The number of benzene rings is 1. The third-order valence-corrected chi connectivity index (χ3v) is 3.81. The van der Waals surface area contributed by atoms with Crippen LogP contribution < -0.4 is 5.73 Å². The highest BCUT2D eigenvalue weighted by molar-refractivity contribution is 5.81. The Hall–Kier alpha value is -1.46. The molecule has 1 saturated heterocycles. The summed E-state index contributed by atoms with van der Waals surface area (Å²) in [5, 5.41) is 0. The van der Waals surface area contributed by atoms with Gasteiger partial charge in [-0.05, 0) is 31.0 Å². The molecule has 0 aromatic heterocycles. The van der Waals surface area contributed by atoms with Gasteiger partial charge in [0.05, 0.1) is 6.04 Å². The largest absolute Gasteiger partial charge is 0.347 e. The van der Waals surface area contributed by atoms with Gasteiger partial charge in [-0.25, -0.2) is 4.39 Å². The van der Waals surface area contributed by atoms with Crippen molar-refractivity contribution in [2.24, 2.45) is 5.73 Å². The summed E-state index contributed by atoms with van der Waals surface area (Å²) in [5.41, 5.74) is 7.06. The molecule has 1 atom stereocenters. The van der Waals surface area contributed by atoms with Crippen LogP contribution in [0.1, 0.15) is 24.0 Å². The van der Waals surface area contributed by atoms with Crippen LogP contribution in [0.5, 0.6) is 0 Å². The Morgan fingerprint density at radius 3 is 2.90 bits per heavy atom. The second-order valence-corrected chi connectivity index (χ2v) is 5.49. The maximum atomic E-state index is 13.4. The molecule has 20 heavy (non-hydrogen) atoms. The second-order valence-electron chi connectivity index (χ2n) is 5.49. The number of likely N-dealkylation sites (N-methyl/N-ethyl adjacent to an activating group) is 1. The van der Waals surface area contributed by atoms with Crippen LogP contribution in [0.3, 0.4) is 0 Å². The molecule has 5 heteroatoms. The monoisotopic (exact) mass is 279 g/mol. The Morgan fingerprint density at radius 2 is 2.25 bits per heavy atom. The maximum absolute atomic E-state index is 13.4. The number of likely N-dealkylation sites (tertiary alicyclic amines) is 1. The van der Waals surface area contributed by atoms with Crippen LogP contribution in [0.25, 0.3) is 0 Å². The molecular formula is C15H22FN3O. The lowest BCUT2D eigenvalue weighted by Gasteiger charge is -2.26. The van der Waals surface area contributed by atoms with Crippen molar-refractivity contribution >= 4 is 5.91 Å². The lowest BCUT2D eigenvalue weighted by atomic mass is 10.1. The third kappa shape index (κ3) is 3.16. The number of nitrogens with two attached hydrogens (primary N) is 1. The maximum Gasteiger partial charge on any atom is 0.239 e. The number of amides is 1. The van der Waals surface area contributed by atoms with E-state index in [0.29, 0.717) is 12.1 Å². The molecule has 0 bridgehead atoms.